The summed E-state index contributed by atoms with van der Waals surface area (Å²) in [7, 11) is 0. The number of thiocarbonyl (C=S) groups is 2. The van der Waals surface area contributed by atoms with E-state index in [2.05, 4.69) is 60.2 Å². The molecule has 2 aromatic rings. The lowest BCUT2D eigenvalue weighted by Crippen LogP contribution is -2.01. The number of hydrogen-bond donors (Lipinski definition) is 4. The van der Waals surface area contributed by atoms with E-state index in [-0.39, 0.29) is 0 Å². The van der Waals surface area contributed by atoms with Crippen LogP contribution in [-0.2, 0) is 6.42 Å². The van der Waals surface area contributed by atoms with Crippen LogP contribution in [0, 0.1) is 0 Å². The summed E-state index contributed by atoms with van der Waals surface area (Å²) in [6, 6.07) is 16.3. The van der Waals surface area contributed by atoms with Crippen LogP contribution >= 0.6 is 49.7 Å². The molecule has 0 amide bonds. The molecule has 2 aromatic carbocycles. The fraction of sp³-hybridized carbons (Fsp3) is 0.0667. The van der Waals surface area contributed by atoms with Crippen LogP contribution in [0.5, 0.6) is 0 Å². The minimum Gasteiger partial charge on any atom is -0.341 e. The summed E-state index contributed by atoms with van der Waals surface area (Å²) < 4.78 is 0.931. The average molecular weight is 351 g/mol. The van der Waals surface area contributed by atoms with Crippen LogP contribution in [0.4, 0.5) is 11.4 Å². The molecular weight excluding hydrogens is 336 g/mol. The van der Waals surface area contributed by atoms with Gasteiger partial charge in [-0.3, -0.25) is 0 Å². The van der Waals surface area contributed by atoms with Crippen molar-refractivity contribution in [3.63, 3.8) is 0 Å². The Morgan fingerprint density at radius 3 is 1.33 bits per heavy atom. The molecule has 2 N–H and O–H groups in total. The fourth-order valence-corrected chi connectivity index (χ4v) is 2.39. The Morgan fingerprint density at radius 1 is 0.714 bits per heavy atom. The molecule has 108 valence electrons. The lowest BCUT2D eigenvalue weighted by molar-refractivity contribution is 1.19. The van der Waals surface area contributed by atoms with Gasteiger partial charge in [-0.25, -0.2) is 0 Å². The predicted molar refractivity (Wildman–Crippen MR) is 106 cm³/mol. The van der Waals surface area contributed by atoms with E-state index in [4.69, 9.17) is 24.4 Å². The van der Waals surface area contributed by atoms with Crippen LogP contribution in [0.25, 0.3) is 0 Å². The monoisotopic (exact) mass is 350 g/mol. The molecule has 0 heterocycles. The molecule has 0 bridgehead atoms. The number of hydrogen-bond acceptors (Lipinski definition) is 2. The largest absolute Gasteiger partial charge is 0.341 e. The van der Waals surface area contributed by atoms with Crippen molar-refractivity contribution in [2.24, 2.45) is 0 Å². The van der Waals surface area contributed by atoms with Crippen molar-refractivity contribution in [2.45, 2.75) is 6.42 Å². The van der Waals surface area contributed by atoms with Gasteiger partial charge in [0.2, 0.25) is 0 Å². The predicted octanol–water partition coefficient (Wildman–Crippen LogP) is 4.53. The second-order valence-corrected chi connectivity index (χ2v) is 6.75. The number of nitrogens with one attached hydrogen (secondary N) is 2. The van der Waals surface area contributed by atoms with E-state index in [9.17, 15) is 0 Å². The first kappa shape index (κ1) is 16.3. The zero-order valence-electron chi connectivity index (χ0n) is 11.0. The molecule has 0 saturated carbocycles. The molecule has 0 atom stereocenters. The molecule has 0 saturated heterocycles. The third-order valence-corrected chi connectivity index (χ3v) is 3.25. The highest BCUT2D eigenvalue weighted by Gasteiger charge is 1.99. The summed E-state index contributed by atoms with van der Waals surface area (Å²) in [4.78, 5) is 0. The summed E-state index contributed by atoms with van der Waals surface area (Å²) in [6.07, 6.45) is 0.872. The lowest BCUT2D eigenvalue weighted by atomic mass is 10.0. The molecule has 0 aliphatic heterocycles. The topological polar surface area (TPSA) is 24.1 Å². The highest BCUT2D eigenvalue weighted by atomic mass is 32.1. The van der Waals surface area contributed by atoms with Gasteiger partial charge < -0.3 is 10.6 Å². The van der Waals surface area contributed by atoms with Gasteiger partial charge in [0.1, 0.15) is 8.64 Å². The van der Waals surface area contributed by atoms with Gasteiger partial charge in [0.15, 0.2) is 0 Å². The second kappa shape index (κ2) is 7.79. The number of rotatable bonds is 4. The third-order valence-electron chi connectivity index (χ3n) is 2.82. The van der Waals surface area contributed by atoms with E-state index in [0.717, 1.165) is 17.8 Å². The van der Waals surface area contributed by atoms with Gasteiger partial charge in [-0.1, -0.05) is 48.7 Å². The number of benzene rings is 2. The van der Waals surface area contributed by atoms with Crippen molar-refractivity contribution in [3.8, 4) is 0 Å². The lowest BCUT2D eigenvalue weighted by Gasteiger charge is -2.07. The van der Waals surface area contributed by atoms with Crippen LogP contribution in [-0.4, -0.2) is 8.64 Å². The van der Waals surface area contributed by atoms with E-state index in [1.807, 2.05) is 24.3 Å². The Bertz CT molecular complexity index is 578. The molecule has 0 aromatic heterocycles. The molecule has 0 aliphatic carbocycles. The fourth-order valence-electron chi connectivity index (χ4n) is 1.89. The van der Waals surface area contributed by atoms with Crippen LogP contribution in [0.3, 0.4) is 0 Å². The number of anilines is 2. The third kappa shape index (κ3) is 5.67. The summed E-state index contributed by atoms with van der Waals surface area (Å²) in [6.45, 7) is 0. The smallest absolute Gasteiger partial charge is 0.135 e. The van der Waals surface area contributed by atoms with Crippen molar-refractivity contribution in [1.82, 2.24) is 0 Å². The molecule has 2 nitrogen and oxygen atoms in total. The quantitative estimate of drug-likeness (QED) is 0.481. The Hall–Kier alpha value is -1.08. The van der Waals surface area contributed by atoms with Gasteiger partial charge in [-0.05, 0) is 41.8 Å². The van der Waals surface area contributed by atoms with Crippen LogP contribution in [0.1, 0.15) is 11.1 Å². The maximum Gasteiger partial charge on any atom is 0.135 e. The van der Waals surface area contributed by atoms with Crippen LogP contribution in [0.15, 0.2) is 48.5 Å². The normalized spacial score (nSPS) is 10.0. The van der Waals surface area contributed by atoms with E-state index >= 15 is 0 Å². The van der Waals surface area contributed by atoms with Gasteiger partial charge in [0.25, 0.3) is 0 Å². The minimum absolute atomic E-state index is 0.466. The van der Waals surface area contributed by atoms with Gasteiger partial charge in [-0.2, -0.15) is 0 Å². The molecule has 2 rings (SSSR count). The van der Waals surface area contributed by atoms with Crippen molar-refractivity contribution in [1.29, 1.82) is 0 Å². The molecule has 0 radical (unpaired) electrons. The highest BCUT2D eigenvalue weighted by Crippen LogP contribution is 2.16. The van der Waals surface area contributed by atoms with Crippen LogP contribution in [0.2, 0.25) is 0 Å². The van der Waals surface area contributed by atoms with E-state index in [1.54, 1.807) is 0 Å². The molecule has 21 heavy (non-hydrogen) atoms. The molecule has 0 unspecified atom stereocenters. The average Bonchev–Trinajstić information content (AvgIpc) is 2.42. The molecule has 0 aliphatic rings. The second-order valence-electron chi connectivity index (χ2n) is 4.43. The summed E-state index contributed by atoms with van der Waals surface area (Å²) >= 11 is 17.9. The van der Waals surface area contributed by atoms with Gasteiger partial charge in [-0.15, -0.1) is 25.3 Å². The summed E-state index contributed by atoms with van der Waals surface area (Å²) in [5.74, 6) is 0. The molecular formula is C15H14N2S4. The van der Waals surface area contributed by atoms with Gasteiger partial charge in [0, 0.05) is 11.4 Å². The Kier molecular flexibility index (Phi) is 6.05. The van der Waals surface area contributed by atoms with Crippen LogP contribution < -0.4 is 10.6 Å². The van der Waals surface area contributed by atoms with E-state index in [1.165, 1.54) is 11.1 Å². The first-order valence-corrected chi connectivity index (χ1v) is 7.92. The first-order chi connectivity index (χ1) is 10.0. The standard InChI is InChI=1S/C15H14N2S4/c18-14(19)16-12-5-1-10(2-6-12)9-11-3-7-13(8-4-11)17-15(20)21/h1-8H,9H2,(H2,16,18,19)(H2,17,20,21). The number of thiol groups is 2. The van der Waals surface area contributed by atoms with Crippen molar-refractivity contribution in [2.75, 3.05) is 10.6 Å². The Labute approximate surface area is 146 Å². The van der Waals surface area contributed by atoms with Crippen molar-refractivity contribution in [3.05, 3.63) is 59.7 Å². The zero-order valence-corrected chi connectivity index (χ0v) is 14.5. The van der Waals surface area contributed by atoms with Crippen molar-refractivity contribution < 1.29 is 0 Å². The highest BCUT2D eigenvalue weighted by molar-refractivity contribution is 8.11. The Balaban J connectivity index is 2.01. The minimum atomic E-state index is 0.466. The zero-order chi connectivity index (χ0) is 15.2. The maximum absolute atomic E-state index is 4.89. The van der Waals surface area contributed by atoms with E-state index < -0.39 is 0 Å². The molecule has 0 spiro atoms. The molecule has 0 fully saturated rings. The van der Waals surface area contributed by atoms with Crippen molar-refractivity contribution >= 4 is 69.7 Å². The first-order valence-electron chi connectivity index (χ1n) is 6.21. The summed E-state index contributed by atoms with van der Waals surface area (Å²) in [5.41, 5.74) is 4.35. The SMILES string of the molecule is S=C(S)Nc1ccc(Cc2ccc(NC(=S)S)cc2)cc1. The van der Waals surface area contributed by atoms with E-state index in [0.29, 0.717) is 8.64 Å². The van der Waals surface area contributed by atoms with Gasteiger partial charge in [0.05, 0.1) is 0 Å². The molecule has 6 heteroatoms. The Morgan fingerprint density at radius 2 is 1.05 bits per heavy atom. The maximum atomic E-state index is 4.89. The van der Waals surface area contributed by atoms with Gasteiger partial charge >= 0.3 is 0 Å². The summed E-state index contributed by atoms with van der Waals surface area (Å²) in [5, 5.41) is 5.98.